The van der Waals surface area contributed by atoms with E-state index in [0.717, 1.165) is 51.1 Å². The van der Waals surface area contributed by atoms with Gasteiger partial charge in [-0.15, -0.1) is 0 Å². The normalized spacial score (nSPS) is 12.0. The molecule has 8 rings (SSSR count). The Kier molecular flexibility index (Phi) is 14.6. The molecule has 0 saturated heterocycles. The van der Waals surface area contributed by atoms with Crippen LogP contribution in [-0.2, 0) is 26.5 Å². The molecule has 0 saturated carbocycles. The van der Waals surface area contributed by atoms with E-state index < -0.39 is 26.5 Å². The van der Waals surface area contributed by atoms with Crippen molar-refractivity contribution in [2.24, 2.45) is 5.92 Å². The number of furan rings is 1. The Morgan fingerprint density at radius 3 is 1.95 bits per heavy atom. The molecule has 0 atom stereocenters. The molecule has 0 fully saturated rings. The minimum Gasteiger partial charge on any atom is 0 e. The molecular weight excluding hydrogens is 1040 g/mol. The van der Waals surface area contributed by atoms with Crippen LogP contribution in [0.25, 0.3) is 61.5 Å². The molecule has 4 nitrogen and oxygen atoms in total. The Morgan fingerprint density at radius 1 is 0.689 bits per heavy atom. The van der Waals surface area contributed by atoms with Gasteiger partial charge in [0.25, 0.3) is 0 Å². The standard InChI is InChI=1S/C36H37GeN2O.C18H24GeN.Ir/c1-23(2)28-19-26(25-13-9-8-10-14-25)20-29(24(3)4)35(28)39-33-16-12-11-15-32(33)38-36(39)31-22-40-34-18-17-27(21-30(31)34)37(5,6)7;1-14(2)11-16-12-18(15-9-7-6-8-10-15)20-13-17(16)19(3,4)5;/h8-21,23-24H,1-7H3;6-9,12-14H,11H2,1-5H3;/q2*-1;. The summed E-state index contributed by atoms with van der Waals surface area (Å²) in [7, 11) is 0. The number of pyridine rings is 1. The number of rotatable bonds is 10. The predicted octanol–water partition coefficient (Wildman–Crippen LogP) is 14.0. The first kappa shape index (κ1) is 46.5. The van der Waals surface area contributed by atoms with E-state index >= 15 is 0 Å². The molecule has 5 aromatic carbocycles. The van der Waals surface area contributed by atoms with Crippen molar-refractivity contribution in [3.05, 3.63) is 150 Å². The first-order valence-corrected chi connectivity index (χ1v) is 36.3. The van der Waals surface area contributed by atoms with Crippen LogP contribution in [0.15, 0.2) is 126 Å². The summed E-state index contributed by atoms with van der Waals surface area (Å²) in [5.74, 6) is 16.8. The zero-order valence-electron chi connectivity index (χ0n) is 38.1. The summed E-state index contributed by atoms with van der Waals surface area (Å²) < 4.78 is 11.4. The Balaban J connectivity index is 0.000000250. The van der Waals surface area contributed by atoms with Crippen molar-refractivity contribution in [2.75, 3.05) is 0 Å². The molecule has 1 radical (unpaired) electrons. The molecule has 3 heterocycles. The number of para-hydroxylation sites is 2. The monoisotopic (exact) mass is 1110 g/mol. The first-order chi connectivity index (χ1) is 28.5. The summed E-state index contributed by atoms with van der Waals surface area (Å²) in [5, 5.41) is 1.09. The maximum atomic E-state index is 6.03. The fourth-order valence-corrected chi connectivity index (χ4v) is 13.9. The summed E-state index contributed by atoms with van der Waals surface area (Å²) in [6, 6.07) is 44.3. The van der Waals surface area contributed by atoms with Crippen molar-refractivity contribution in [1.29, 1.82) is 0 Å². The summed E-state index contributed by atoms with van der Waals surface area (Å²) in [5.41, 5.74) is 13.8. The fourth-order valence-electron chi connectivity index (χ4n) is 8.12. The molecule has 0 bridgehead atoms. The van der Waals surface area contributed by atoms with Crippen LogP contribution in [0.5, 0.6) is 0 Å². The molecule has 0 amide bonds. The quantitative estimate of drug-likeness (QED) is 0.101. The van der Waals surface area contributed by atoms with Gasteiger partial charge in [-0.05, 0) is 0 Å². The van der Waals surface area contributed by atoms with Crippen LogP contribution in [-0.4, -0.2) is 41.1 Å². The van der Waals surface area contributed by atoms with Gasteiger partial charge in [0.2, 0.25) is 0 Å². The first-order valence-electron chi connectivity index (χ1n) is 21.6. The van der Waals surface area contributed by atoms with Gasteiger partial charge >= 0.3 is 348 Å². The van der Waals surface area contributed by atoms with Crippen LogP contribution < -0.4 is 8.79 Å². The third-order valence-electron chi connectivity index (χ3n) is 11.3. The number of imidazole rings is 1. The second-order valence-corrected chi connectivity index (χ2v) is 40.6. The Morgan fingerprint density at radius 2 is 1.34 bits per heavy atom. The SMILES string of the molecule is CC(C)Cc1cc(-c2[c-]cccc2)nc[c]1[Ge]([CH3])([CH3])[CH3].CC(C)c1cc(-c2ccccc2)cc(C(C)C)c1-n1c(-c2[c-]oc3cc[c]([Ge]([CH3])([CH3])[CH3])cc23)nc2ccccc21.[Ir]. The second kappa shape index (κ2) is 19.2. The summed E-state index contributed by atoms with van der Waals surface area (Å²) in [6.45, 7) is 13.7. The minimum absolute atomic E-state index is 0. The molecular formula is C54H61Ge2IrN3O-2. The van der Waals surface area contributed by atoms with Gasteiger partial charge in [-0.1, -0.05) is 18.2 Å². The van der Waals surface area contributed by atoms with Gasteiger partial charge in [0.1, 0.15) is 0 Å². The van der Waals surface area contributed by atoms with Crippen molar-refractivity contribution in [2.45, 2.75) is 94.3 Å². The molecule has 61 heavy (non-hydrogen) atoms. The fraction of sp³-hybridized carbons (Fsp3) is 0.296. The summed E-state index contributed by atoms with van der Waals surface area (Å²) in [4.78, 5) is 9.94. The zero-order valence-corrected chi connectivity index (χ0v) is 44.7. The number of nitrogens with zero attached hydrogens (tertiary/aromatic N) is 3. The Hall–Kier alpha value is -4.00. The molecule has 8 aromatic rings. The van der Waals surface area contributed by atoms with E-state index in [2.05, 4.69) is 196 Å². The third-order valence-corrected chi connectivity index (χ3v) is 19.9. The maximum Gasteiger partial charge on any atom is 0 e. The average molecular weight is 1110 g/mol. The van der Waals surface area contributed by atoms with Crippen molar-refractivity contribution < 1.29 is 24.5 Å². The Labute approximate surface area is 383 Å². The average Bonchev–Trinajstić information content (AvgIpc) is 3.81. The van der Waals surface area contributed by atoms with E-state index in [0.29, 0.717) is 17.8 Å². The van der Waals surface area contributed by atoms with Gasteiger partial charge in [0, 0.05) is 20.1 Å². The van der Waals surface area contributed by atoms with Crippen LogP contribution in [0.3, 0.4) is 0 Å². The van der Waals surface area contributed by atoms with E-state index in [1.54, 1.807) is 4.40 Å². The van der Waals surface area contributed by atoms with Crippen LogP contribution in [0.4, 0.5) is 0 Å². The van der Waals surface area contributed by atoms with Crippen LogP contribution in [0.2, 0.25) is 34.5 Å². The maximum absolute atomic E-state index is 6.03. The molecule has 0 unspecified atom stereocenters. The van der Waals surface area contributed by atoms with Crippen molar-refractivity contribution in [3.63, 3.8) is 0 Å². The molecule has 0 N–H and O–H groups in total. The van der Waals surface area contributed by atoms with Crippen LogP contribution >= 0.6 is 0 Å². The van der Waals surface area contributed by atoms with Gasteiger partial charge in [0.15, 0.2) is 0 Å². The number of benzene rings is 5. The number of hydrogen-bond donors (Lipinski definition) is 0. The zero-order chi connectivity index (χ0) is 42.9. The number of aromatic nitrogens is 3. The van der Waals surface area contributed by atoms with Crippen molar-refractivity contribution in [3.8, 4) is 39.5 Å². The second-order valence-electron chi connectivity index (χ2n) is 19.3. The topological polar surface area (TPSA) is 43.9 Å². The van der Waals surface area contributed by atoms with E-state index in [9.17, 15) is 0 Å². The van der Waals surface area contributed by atoms with Gasteiger partial charge in [-0.2, -0.15) is 0 Å². The minimum atomic E-state index is -2.07. The predicted molar refractivity (Wildman–Crippen MR) is 262 cm³/mol. The van der Waals surface area contributed by atoms with Crippen LogP contribution in [0, 0.1) is 18.2 Å². The molecule has 3 aromatic heterocycles. The van der Waals surface area contributed by atoms with Gasteiger partial charge in [0.05, 0.1) is 0 Å². The molecule has 317 valence electrons. The van der Waals surface area contributed by atoms with Crippen molar-refractivity contribution in [1.82, 2.24) is 14.5 Å². The van der Waals surface area contributed by atoms with E-state index in [1.165, 1.54) is 37.9 Å². The molecule has 0 aliphatic heterocycles. The van der Waals surface area contributed by atoms with Crippen LogP contribution in [0.1, 0.15) is 70.1 Å². The summed E-state index contributed by atoms with van der Waals surface area (Å²) in [6.07, 6.45) is 6.55. The van der Waals surface area contributed by atoms with Crippen molar-refractivity contribution >= 4 is 57.3 Å². The molecule has 0 spiro atoms. The molecule has 0 aliphatic carbocycles. The Bertz CT molecular complexity index is 2710. The van der Waals surface area contributed by atoms with Gasteiger partial charge in [-0.3, -0.25) is 0 Å². The number of hydrogen-bond acceptors (Lipinski definition) is 3. The van der Waals surface area contributed by atoms with Gasteiger partial charge < -0.3 is 0 Å². The van der Waals surface area contributed by atoms with Gasteiger partial charge in [-0.25, -0.2) is 0 Å². The van der Waals surface area contributed by atoms with E-state index in [1.807, 2.05) is 18.2 Å². The number of fused-ring (bicyclic) bond motifs is 2. The molecule has 7 heteroatoms. The summed E-state index contributed by atoms with van der Waals surface area (Å²) >= 11 is -3.93. The molecule has 0 aliphatic rings. The van der Waals surface area contributed by atoms with E-state index in [-0.39, 0.29) is 20.1 Å². The third kappa shape index (κ3) is 10.3. The van der Waals surface area contributed by atoms with E-state index in [4.69, 9.17) is 14.4 Å². The smallest absolute Gasteiger partial charge is 0 e. The largest absolute Gasteiger partial charge is 0 e.